The summed E-state index contributed by atoms with van der Waals surface area (Å²) in [7, 11) is 4.16. The van der Waals surface area contributed by atoms with Gasteiger partial charge in [-0.15, -0.1) is 0 Å². The third-order valence-corrected chi connectivity index (χ3v) is 3.01. The van der Waals surface area contributed by atoms with Gasteiger partial charge in [-0.2, -0.15) is 0 Å². The summed E-state index contributed by atoms with van der Waals surface area (Å²) in [6.07, 6.45) is 0. The molecule has 0 spiro atoms. The zero-order valence-corrected chi connectivity index (χ0v) is 10.8. The van der Waals surface area contributed by atoms with Gasteiger partial charge in [-0.25, -0.2) is 0 Å². The van der Waals surface area contributed by atoms with Crippen molar-refractivity contribution in [1.29, 1.82) is 0 Å². The van der Waals surface area contributed by atoms with Crippen LogP contribution in [-0.2, 0) is 0 Å². The molecule has 1 aliphatic heterocycles. The number of nitrogens with one attached hydrogen (secondary N) is 2. The first-order chi connectivity index (χ1) is 7.39. The number of anilines is 3. The van der Waals surface area contributed by atoms with Gasteiger partial charge in [0, 0.05) is 31.9 Å². The molecule has 0 saturated heterocycles. The second-order valence-electron chi connectivity index (χ2n) is 5.44. The van der Waals surface area contributed by atoms with Gasteiger partial charge in [0.15, 0.2) is 0 Å². The van der Waals surface area contributed by atoms with Gasteiger partial charge in [0.25, 0.3) is 0 Å². The van der Waals surface area contributed by atoms with Crippen LogP contribution in [0, 0.1) is 6.92 Å². The first kappa shape index (κ1) is 11.1. The minimum atomic E-state index is 0.117. The van der Waals surface area contributed by atoms with Gasteiger partial charge in [-0.05, 0) is 38.5 Å². The average molecular weight is 219 g/mol. The van der Waals surface area contributed by atoms with Crippen LogP contribution in [-0.4, -0.2) is 26.2 Å². The van der Waals surface area contributed by atoms with Crippen molar-refractivity contribution >= 4 is 17.1 Å². The molecule has 0 bridgehead atoms. The molecule has 1 aliphatic rings. The summed E-state index contributed by atoms with van der Waals surface area (Å²) in [4.78, 5) is 2.15. The van der Waals surface area contributed by atoms with Crippen LogP contribution in [0.1, 0.15) is 19.4 Å². The Morgan fingerprint density at radius 3 is 2.50 bits per heavy atom. The third kappa shape index (κ3) is 1.94. The highest BCUT2D eigenvalue weighted by atomic mass is 15.1. The lowest BCUT2D eigenvalue weighted by Gasteiger charge is -2.35. The van der Waals surface area contributed by atoms with E-state index >= 15 is 0 Å². The van der Waals surface area contributed by atoms with Crippen LogP contribution in [0.2, 0.25) is 0 Å². The highest BCUT2D eigenvalue weighted by Crippen LogP contribution is 2.35. The predicted molar refractivity (Wildman–Crippen MR) is 71.7 cm³/mol. The first-order valence-electron chi connectivity index (χ1n) is 5.73. The van der Waals surface area contributed by atoms with Crippen LogP contribution in [0.3, 0.4) is 0 Å². The summed E-state index contributed by atoms with van der Waals surface area (Å²) < 4.78 is 0. The van der Waals surface area contributed by atoms with Crippen molar-refractivity contribution in [3.63, 3.8) is 0 Å². The normalized spacial score (nSPS) is 17.1. The largest absolute Gasteiger partial charge is 0.381 e. The topological polar surface area (TPSA) is 27.3 Å². The summed E-state index contributed by atoms with van der Waals surface area (Å²) in [5, 5.41) is 7.05. The molecular formula is C13H21N3. The minimum absolute atomic E-state index is 0.117. The summed E-state index contributed by atoms with van der Waals surface area (Å²) >= 11 is 0. The maximum Gasteiger partial charge on any atom is 0.0601 e. The number of nitrogens with zero attached hydrogens (tertiary/aromatic N) is 1. The molecule has 0 atom stereocenters. The molecule has 1 aromatic rings. The van der Waals surface area contributed by atoms with E-state index in [9.17, 15) is 0 Å². The van der Waals surface area contributed by atoms with E-state index in [0.717, 1.165) is 6.54 Å². The maximum absolute atomic E-state index is 3.57. The Balaban J connectivity index is 2.44. The van der Waals surface area contributed by atoms with Crippen LogP contribution in [0.4, 0.5) is 17.1 Å². The van der Waals surface area contributed by atoms with Gasteiger partial charge < -0.3 is 15.5 Å². The third-order valence-electron chi connectivity index (χ3n) is 3.01. The first-order valence-corrected chi connectivity index (χ1v) is 5.73. The Morgan fingerprint density at radius 2 is 1.88 bits per heavy atom. The fourth-order valence-corrected chi connectivity index (χ4v) is 2.15. The van der Waals surface area contributed by atoms with Crippen LogP contribution in [0.25, 0.3) is 0 Å². The lowest BCUT2D eigenvalue weighted by Crippen LogP contribution is -2.42. The fourth-order valence-electron chi connectivity index (χ4n) is 2.15. The predicted octanol–water partition coefficient (Wildman–Crippen LogP) is 2.68. The number of hydrogen-bond donors (Lipinski definition) is 2. The molecule has 1 heterocycles. The van der Waals surface area contributed by atoms with Gasteiger partial charge in [0.1, 0.15) is 0 Å². The number of aryl methyl sites for hydroxylation is 1. The van der Waals surface area contributed by atoms with E-state index in [0.29, 0.717) is 0 Å². The summed E-state index contributed by atoms with van der Waals surface area (Å²) in [6.45, 7) is 7.52. The monoisotopic (exact) mass is 219 g/mol. The number of benzene rings is 1. The molecule has 3 nitrogen and oxygen atoms in total. The molecule has 16 heavy (non-hydrogen) atoms. The van der Waals surface area contributed by atoms with E-state index in [1.165, 1.54) is 22.6 Å². The zero-order chi connectivity index (χ0) is 11.9. The molecule has 3 heteroatoms. The lowest BCUT2D eigenvalue weighted by atomic mass is 10.00. The summed E-state index contributed by atoms with van der Waals surface area (Å²) in [5.74, 6) is 0. The molecule has 0 radical (unpaired) electrons. The molecule has 0 unspecified atom stereocenters. The Morgan fingerprint density at radius 1 is 1.19 bits per heavy atom. The van der Waals surface area contributed by atoms with Crippen molar-refractivity contribution in [1.82, 2.24) is 0 Å². The van der Waals surface area contributed by atoms with Crippen molar-refractivity contribution in [2.75, 3.05) is 36.2 Å². The number of hydrogen-bond acceptors (Lipinski definition) is 3. The van der Waals surface area contributed by atoms with Crippen LogP contribution < -0.4 is 15.5 Å². The molecule has 0 fully saturated rings. The van der Waals surface area contributed by atoms with E-state index < -0.39 is 0 Å². The smallest absolute Gasteiger partial charge is 0.0601 e. The highest BCUT2D eigenvalue weighted by Gasteiger charge is 2.24. The van der Waals surface area contributed by atoms with Crippen molar-refractivity contribution < 1.29 is 0 Å². The van der Waals surface area contributed by atoms with E-state index in [-0.39, 0.29) is 5.54 Å². The van der Waals surface area contributed by atoms with Gasteiger partial charge in [-0.1, -0.05) is 0 Å². The molecule has 0 saturated carbocycles. The van der Waals surface area contributed by atoms with Crippen LogP contribution >= 0.6 is 0 Å². The molecular weight excluding hydrogens is 198 g/mol. The second kappa shape index (κ2) is 3.58. The molecule has 2 N–H and O–H groups in total. The summed E-state index contributed by atoms with van der Waals surface area (Å²) in [6, 6.07) is 4.44. The van der Waals surface area contributed by atoms with Crippen LogP contribution in [0.15, 0.2) is 12.1 Å². The van der Waals surface area contributed by atoms with Crippen LogP contribution in [0.5, 0.6) is 0 Å². The Bertz CT molecular complexity index is 408. The average Bonchev–Trinajstić information content (AvgIpc) is 2.16. The van der Waals surface area contributed by atoms with E-state index in [2.05, 4.69) is 62.5 Å². The second-order valence-corrected chi connectivity index (χ2v) is 5.44. The van der Waals surface area contributed by atoms with Gasteiger partial charge in [0.05, 0.1) is 11.4 Å². The van der Waals surface area contributed by atoms with E-state index in [4.69, 9.17) is 0 Å². The molecule has 0 aromatic heterocycles. The van der Waals surface area contributed by atoms with Crippen molar-refractivity contribution in [3.8, 4) is 0 Å². The van der Waals surface area contributed by atoms with Gasteiger partial charge in [0.2, 0.25) is 0 Å². The maximum atomic E-state index is 3.57. The van der Waals surface area contributed by atoms with Crippen molar-refractivity contribution in [2.45, 2.75) is 26.3 Å². The minimum Gasteiger partial charge on any atom is -0.381 e. The molecule has 1 aromatic carbocycles. The molecule has 0 aliphatic carbocycles. The van der Waals surface area contributed by atoms with E-state index in [1.807, 2.05) is 0 Å². The standard InChI is InChI=1S/C13H21N3/c1-9-6-10-11(7-12(9)16(4)5)15-13(2,3)8-14-10/h6-7,14-15H,8H2,1-5H3. The SMILES string of the molecule is Cc1cc2c(cc1N(C)C)NC(C)(C)CN2. The van der Waals surface area contributed by atoms with E-state index in [1.54, 1.807) is 0 Å². The fraction of sp³-hybridized carbons (Fsp3) is 0.538. The molecule has 2 rings (SSSR count). The van der Waals surface area contributed by atoms with Gasteiger partial charge >= 0.3 is 0 Å². The van der Waals surface area contributed by atoms with Gasteiger partial charge in [-0.3, -0.25) is 0 Å². The van der Waals surface area contributed by atoms with Crippen molar-refractivity contribution in [3.05, 3.63) is 17.7 Å². The number of rotatable bonds is 1. The number of fused-ring (bicyclic) bond motifs is 1. The zero-order valence-electron chi connectivity index (χ0n) is 10.8. The lowest BCUT2D eigenvalue weighted by molar-refractivity contribution is 0.589. The Kier molecular flexibility index (Phi) is 2.49. The molecule has 88 valence electrons. The quantitative estimate of drug-likeness (QED) is 0.760. The Labute approximate surface area is 97.8 Å². The van der Waals surface area contributed by atoms with Crippen molar-refractivity contribution in [2.24, 2.45) is 0 Å². The highest BCUT2D eigenvalue weighted by molar-refractivity contribution is 5.78. The molecule has 0 amide bonds. The Hall–Kier alpha value is -1.38. The summed E-state index contributed by atoms with van der Waals surface area (Å²) in [5.41, 5.74) is 5.10.